The number of aliphatic carboxylic acids is 1. The van der Waals surface area contributed by atoms with Crippen molar-refractivity contribution < 1.29 is 24.2 Å². The second kappa shape index (κ2) is 17.3. The minimum absolute atomic E-state index is 0.154. The summed E-state index contributed by atoms with van der Waals surface area (Å²) in [5.41, 5.74) is 3.40. The zero-order valence-corrected chi connectivity index (χ0v) is 22.0. The standard InChI is InChI=1S/C28H47NO5/c1-5-7-8-9-10-11-12-13-15-18-25(30)28-22(3)24(21-27(33)34-6-2)29(23(28)4)20-17-14-16-19-26(31)32/h5-21H2,1-4H3,(H,31,32). The SMILES string of the molecule is CCCCCCCCCCCC(=O)c1c(C)c(CC(=O)OCC)n(CCCCCC(=O)O)c1C. The van der Waals surface area contributed by atoms with E-state index in [2.05, 4.69) is 11.5 Å². The predicted molar refractivity (Wildman–Crippen MR) is 137 cm³/mol. The highest BCUT2D eigenvalue weighted by Gasteiger charge is 2.23. The van der Waals surface area contributed by atoms with Gasteiger partial charge in [0.25, 0.3) is 0 Å². The normalized spacial score (nSPS) is 11.1. The molecule has 1 rings (SSSR count). The summed E-state index contributed by atoms with van der Waals surface area (Å²) in [6.45, 7) is 8.92. The first-order chi connectivity index (χ1) is 16.3. The molecule has 0 atom stereocenters. The summed E-state index contributed by atoms with van der Waals surface area (Å²) in [4.78, 5) is 36.1. The van der Waals surface area contributed by atoms with Crippen molar-refractivity contribution >= 4 is 17.7 Å². The molecule has 0 saturated carbocycles. The van der Waals surface area contributed by atoms with Crippen LogP contribution in [0.2, 0.25) is 0 Å². The average Bonchev–Trinajstić information content (AvgIpc) is 3.01. The summed E-state index contributed by atoms with van der Waals surface area (Å²) in [6.07, 6.45) is 14.1. The van der Waals surface area contributed by atoms with Gasteiger partial charge in [-0.05, 0) is 45.6 Å². The largest absolute Gasteiger partial charge is 0.481 e. The van der Waals surface area contributed by atoms with Crippen molar-refractivity contribution in [3.63, 3.8) is 0 Å². The van der Waals surface area contributed by atoms with Crippen molar-refractivity contribution in [2.45, 2.75) is 131 Å². The van der Waals surface area contributed by atoms with Crippen LogP contribution in [0.25, 0.3) is 0 Å². The molecule has 0 amide bonds. The Morgan fingerprint density at radius 2 is 1.35 bits per heavy atom. The van der Waals surface area contributed by atoms with E-state index in [-0.39, 0.29) is 24.6 Å². The third-order valence-corrected chi connectivity index (χ3v) is 6.58. The molecule has 194 valence electrons. The van der Waals surface area contributed by atoms with Crippen LogP contribution >= 0.6 is 0 Å². The molecule has 0 spiro atoms. The topological polar surface area (TPSA) is 85.6 Å². The lowest BCUT2D eigenvalue weighted by atomic mass is 9.99. The summed E-state index contributed by atoms with van der Waals surface area (Å²) in [5.74, 6) is -0.902. The maximum absolute atomic E-state index is 13.1. The Kier molecular flexibility index (Phi) is 15.3. The van der Waals surface area contributed by atoms with Gasteiger partial charge in [0.1, 0.15) is 0 Å². The van der Waals surface area contributed by atoms with E-state index in [1.54, 1.807) is 6.92 Å². The molecule has 6 heteroatoms. The third-order valence-electron chi connectivity index (χ3n) is 6.58. The molecule has 0 aliphatic heterocycles. The number of hydrogen-bond acceptors (Lipinski definition) is 4. The number of carboxylic acid groups (broad SMARTS) is 1. The number of unbranched alkanes of at least 4 members (excludes halogenated alkanes) is 10. The number of carbonyl (C=O) groups excluding carboxylic acids is 2. The summed E-state index contributed by atoms with van der Waals surface area (Å²) >= 11 is 0. The van der Waals surface area contributed by atoms with Gasteiger partial charge in [-0.2, -0.15) is 0 Å². The molecule has 1 aromatic rings. The van der Waals surface area contributed by atoms with Crippen LogP contribution in [0.4, 0.5) is 0 Å². The highest BCUT2D eigenvalue weighted by Crippen LogP contribution is 2.26. The van der Waals surface area contributed by atoms with Gasteiger partial charge in [-0.25, -0.2) is 0 Å². The van der Waals surface area contributed by atoms with Crippen molar-refractivity contribution in [3.8, 4) is 0 Å². The lowest BCUT2D eigenvalue weighted by molar-refractivity contribution is -0.142. The number of aromatic nitrogens is 1. The van der Waals surface area contributed by atoms with E-state index in [0.717, 1.165) is 48.2 Å². The molecular formula is C28H47NO5. The van der Waals surface area contributed by atoms with Crippen molar-refractivity contribution in [1.82, 2.24) is 4.57 Å². The predicted octanol–water partition coefficient (Wildman–Crippen LogP) is 6.96. The number of Topliss-reactive ketones (excluding diaryl/α,β-unsaturated/α-hetero) is 1. The molecule has 0 fully saturated rings. The number of esters is 1. The Balaban J connectivity index is 2.73. The first kappa shape index (κ1) is 29.9. The average molecular weight is 478 g/mol. The van der Waals surface area contributed by atoms with E-state index >= 15 is 0 Å². The van der Waals surface area contributed by atoms with Gasteiger partial charge >= 0.3 is 11.9 Å². The van der Waals surface area contributed by atoms with Gasteiger partial charge < -0.3 is 14.4 Å². The van der Waals surface area contributed by atoms with Crippen molar-refractivity contribution in [2.75, 3.05) is 6.61 Å². The van der Waals surface area contributed by atoms with E-state index in [9.17, 15) is 14.4 Å². The van der Waals surface area contributed by atoms with Crippen LogP contribution in [0.1, 0.15) is 131 Å². The van der Waals surface area contributed by atoms with Gasteiger partial charge in [0, 0.05) is 36.3 Å². The Hall–Kier alpha value is -2.11. The first-order valence-electron chi connectivity index (χ1n) is 13.4. The third kappa shape index (κ3) is 10.9. The lowest BCUT2D eigenvalue weighted by Crippen LogP contribution is -2.13. The summed E-state index contributed by atoms with van der Waals surface area (Å²) in [5, 5.41) is 8.84. The number of carbonyl (C=O) groups is 3. The van der Waals surface area contributed by atoms with Crippen LogP contribution in [0.3, 0.4) is 0 Å². The molecule has 1 heterocycles. The Morgan fingerprint density at radius 1 is 0.794 bits per heavy atom. The van der Waals surface area contributed by atoms with Crippen molar-refractivity contribution in [2.24, 2.45) is 0 Å². The van der Waals surface area contributed by atoms with Crippen molar-refractivity contribution in [3.05, 3.63) is 22.5 Å². The van der Waals surface area contributed by atoms with Crippen LogP contribution < -0.4 is 0 Å². The highest BCUT2D eigenvalue weighted by atomic mass is 16.5. The van der Waals surface area contributed by atoms with Gasteiger partial charge in [0.15, 0.2) is 5.78 Å². The molecule has 1 N–H and O–H groups in total. The first-order valence-corrected chi connectivity index (χ1v) is 13.4. The number of ether oxygens (including phenoxy) is 1. The molecule has 0 aliphatic rings. The van der Waals surface area contributed by atoms with Crippen molar-refractivity contribution in [1.29, 1.82) is 0 Å². The smallest absolute Gasteiger partial charge is 0.311 e. The molecule has 6 nitrogen and oxygen atoms in total. The summed E-state index contributed by atoms with van der Waals surface area (Å²) < 4.78 is 7.25. The minimum Gasteiger partial charge on any atom is -0.481 e. The molecule has 34 heavy (non-hydrogen) atoms. The molecule has 0 aliphatic carbocycles. The number of hydrogen-bond donors (Lipinski definition) is 1. The minimum atomic E-state index is -0.777. The van der Waals surface area contributed by atoms with E-state index < -0.39 is 5.97 Å². The fraction of sp³-hybridized carbons (Fsp3) is 0.750. The molecule has 0 bridgehead atoms. The van der Waals surface area contributed by atoms with E-state index in [1.807, 2.05) is 13.8 Å². The second-order valence-corrected chi connectivity index (χ2v) is 9.37. The number of nitrogens with zero attached hydrogens (tertiary/aromatic N) is 1. The molecule has 0 unspecified atom stereocenters. The van der Waals surface area contributed by atoms with Gasteiger partial charge in [0.2, 0.25) is 0 Å². The fourth-order valence-electron chi connectivity index (χ4n) is 4.69. The van der Waals surface area contributed by atoms with Gasteiger partial charge in [-0.15, -0.1) is 0 Å². The van der Waals surface area contributed by atoms with Gasteiger partial charge in [-0.1, -0.05) is 64.7 Å². The number of carboxylic acids is 1. The maximum atomic E-state index is 13.1. The molecule has 0 aromatic carbocycles. The Morgan fingerprint density at radius 3 is 1.94 bits per heavy atom. The Labute approximate surface area is 206 Å². The highest BCUT2D eigenvalue weighted by molar-refractivity contribution is 5.99. The lowest BCUT2D eigenvalue weighted by Gasteiger charge is -2.12. The second-order valence-electron chi connectivity index (χ2n) is 9.37. The maximum Gasteiger partial charge on any atom is 0.311 e. The van der Waals surface area contributed by atoms with Gasteiger partial charge in [0.05, 0.1) is 13.0 Å². The summed E-state index contributed by atoms with van der Waals surface area (Å²) in [7, 11) is 0. The number of rotatable bonds is 20. The molecular weight excluding hydrogens is 430 g/mol. The summed E-state index contributed by atoms with van der Waals surface area (Å²) in [6, 6.07) is 0. The van der Waals surface area contributed by atoms with Crippen LogP contribution in [-0.4, -0.2) is 34.0 Å². The van der Waals surface area contributed by atoms with E-state index in [0.29, 0.717) is 26.0 Å². The quantitative estimate of drug-likeness (QED) is 0.125. The molecule has 1 aromatic heterocycles. The van der Waals surface area contributed by atoms with E-state index in [1.165, 1.54) is 44.9 Å². The van der Waals surface area contributed by atoms with E-state index in [4.69, 9.17) is 9.84 Å². The van der Waals surface area contributed by atoms with Crippen LogP contribution in [0.5, 0.6) is 0 Å². The van der Waals surface area contributed by atoms with Crippen LogP contribution in [-0.2, 0) is 27.3 Å². The Bertz CT molecular complexity index is 765. The molecule has 0 saturated heterocycles. The van der Waals surface area contributed by atoms with Crippen LogP contribution in [0.15, 0.2) is 0 Å². The molecule has 0 radical (unpaired) electrons. The fourth-order valence-corrected chi connectivity index (χ4v) is 4.69. The van der Waals surface area contributed by atoms with Gasteiger partial charge in [-0.3, -0.25) is 14.4 Å². The zero-order chi connectivity index (χ0) is 25.3. The zero-order valence-electron chi connectivity index (χ0n) is 22.0. The number of ketones is 1. The van der Waals surface area contributed by atoms with Crippen LogP contribution in [0, 0.1) is 13.8 Å². The monoisotopic (exact) mass is 477 g/mol.